The standard InChI is InChI=1S/C24H29N3O6S/c1-3-27(4-2)34(31,32)19-12-13-21(26-14-8-9-15-26)20(16-19)24(30)33-17-22(28)25-23(29)18-10-6-5-7-11-18/h5-7,10-13,16H,3-4,8-9,14-15,17H2,1-2H3,(H,25,28,29). The number of rotatable bonds is 9. The first kappa shape index (κ1) is 25.4. The van der Waals surface area contributed by atoms with E-state index in [0.717, 1.165) is 25.9 Å². The molecule has 1 aliphatic rings. The molecular weight excluding hydrogens is 458 g/mol. The zero-order valence-electron chi connectivity index (χ0n) is 19.3. The molecule has 0 bridgehead atoms. The summed E-state index contributed by atoms with van der Waals surface area (Å²) in [5.74, 6) is -2.22. The van der Waals surface area contributed by atoms with Crippen LogP contribution in [-0.4, -0.2) is 63.3 Å². The topological polar surface area (TPSA) is 113 Å². The van der Waals surface area contributed by atoms with Gasteiger partial charge in [0.05, 0.1) is 16.1 Å². The second-order valence-corrected chi connectivity index (χ2v) is 9.72. The molecule has 2 amide bonds. The fraction of sp³-hybridized carbons (Fsp3) is 0.375. The quantitative estimate of drug-likeness (QED) is 0.541. The highest BCUT2D eigenvalue weighted by atomic mass is 32.2. The van der Waals surface area contributed by atoms with Crippen LogP contribution in [0, 0.1) is 0 Å². The molecule has 1 heterocycles. The molecule has 0 spiro atoms. The second kappa shape index (κ2) is 11.3. The third-order valence-electron chi connectivity index (χ3n) is 5.60. The molecule has 0 atom stereocenters. The Morgan fingerprint density at radius 2 is 1.65 bits per heavy atom. The predicted octanol–water partition coefficient (Wildman–Crippen LogP) is 2.43. The van der Waals surface area contributed by atoms with Gasteiger partial charge in [-0.25, -0.2) is 13.2 Å². The van der Waals surface area contributed by atoms with E-state index in [9.17, 15) is 22.8 Å². The van der Waals surface area contributed by atoms with Crippen LogP contribution in [0.25, 0.3) is 0 Å². The van der Waals surface area contributed by atoms with Crippen LogP contribution in [0.3, 0.4) is 0 Å². The summed E-state index contributed by atoms with van der Waals surface area (Å²) in [4.78, 5) is 39.2. The molecule has 0 aromatic heterocycles. The summed E-state index contributed by atoms with van der Waals surface area (Å²) in [5.41, 5.74) is 0.923. The van der Waals surface area contributed by atoms with Crippen LogP contribution >= 0.6 is 0 Å². The number of imide groups is 1. The Labute approximate surface area is 199 Å². The molecule has 1 fully saturated rings. The van der Waals surface area contributed by atoms with Crippen molar-refractivity contribution in [2.45, 2.75) is 31.6 Å². The van der Waals surface area contributed by atoms with E-state index in [-0.39, 0.29) is 10.5 Å². The van der Waals surface area contributed by atoms with Crippen LogP contribution in [0.2, 0.25) is 0 Å². The molecule has 1 aliphatic heterocycles. The monoisotopic (exact) mass is 487 g/mol. The predicted molar refractivity (Wildman–Crippen MR) is 127 cm³/mol. The Balaban J connectivity index is 1.79. The normalized spacial score (nSPS) is 13.7. The minimum Gasteiger partial charge on any atom is -0.452 e. The van der Waals surface area contributed by atoms with E-state index in [1.165, 1.54) is 16.4 Å². The van der Waals surface area contributed by atoms with E-state index in [1.807, 2.05) is 4.90 Å². The van der Waals surface area contributed by atoms with E-state index < -0.39 is 34.4 Å². The van der Waals surface area contributed by atoms with Crippen molar-refractivity contribution in [1.82, 2.24) is 9.62 Å². The number of anilines is 1. The van der Waals surface area contributed by atoms with Gasteiger partial charge in [-0.15, -0.1) is 0 Å². The molecule has 1 saturated heterocycles. The van der Waals surface area contributed by atoms with E-state index in [2.05, 4.69) is 5.32 Å². The van der Waals surface area contributed by atoms with Crippen molar-refractivity contribution in [3.63, 3.8) is 0 Å². The van der Waals surface area contributed by atoms with Gasteiger partial charge in [-0.3, -0.25) is 14.9 Å². The van der Waals surface area contributed by atoms with Gasteiger partial charge in [0.1, 0.15) is 0 Å². The first-order valence-corrected chi connectivity index (χ1v) is 12.7. The molecule has 182 valence electrons. The van der Waals surface area contributed by atoms with E-state index in [1.54, 1.807) is 50.2 Å². The summed E-state index contributed by atoms with van der Waals surface area (Å²) in [5, 5.41) is 2.17. The third-order valence-corrected chi connectivity index (χ3v) is 7.65. The Hall–Kier alpha value is -3.24. The lowest BCUT2D eigenvalue weighted by Crippen LogP contribution is -2.34. The number of carbonyl (C=O) groups is 3. The molecule has 34 heavy (non-hydrogen) atoms. The molecule has 3 rings (SSSR count). The van der Waals surface area contributed by atoms with Crippen LogP contribution in [0.1, 0.15) is 47.4 Å². The molecule has 0 radical (unpaired) electrons. The number of nitrogens with one attached hydrogen (secondary N) is 1. The average Bonchev–Trinajstić information content (AvgIpc) is 3.38. The lowest BCUT2D eigenvalue weighted by Gasteiger charge is -2.23. The van der Waals surface area contributed by atoms with E-state index in [0.29, 0.717) is 24.3 Å². The minimum atomic E-state index is -3.79. The Morgan fingerprint density at radius 1 is 1.00 bits per heavy atom. The van der Waals surface area contributed by atoms with Gasteiger partial charge in [-0.1, -0.05) is 32.0 Å². The minimum absolute atomic E-state index is 0.0187. The highest BCUT2D eigenvalue weighted by Gasteiger charge is 2.27. The number of nitrogens with zero attached hydrogens (tertiary/aromatic N) is 2. The maximum Gasteiger partial charge on any atom is 0.340 e. The van der Waals surface area contributed by atoms with Gasteiger partial charge in [0.15, 0.2) is 6.61 Å². The molecular formula is C24H29N3O6S. The molecule has 9 nitrogen and oxygen atoms in total. The van der Waals surface area contributed by atoms with Crippen molar-refractivity contribution < 1.29 is 27.5 Å². The molecule has 10 heteroatoms. The Kier molecular flexibility index (Phi) is 8.41. The zero-order valence-corrected chi connectivity index (χ0v) is 20.1. The Bertz CT molecular complexity index is 1140. The maximum atomic E-state index is 13.0. The molecule has 2 aromatic carbocycles. The SMILES string of the molecule is CCN(CC)S(=O)(=O)c1ccc(N2CCCC2)c(C(=O)OCC(=O)NC(=O)c2ccccc2)c1. The van der Waals surface area contributed by atoms with Crippen LogP contribution in [0.5, 0.6) is 0 Å². The summed E-state index contributed by atoms with van der Waals surface area (Å²) >= 11 is 0. The molecule has 0 unspecified atom stereocenters. The number of hydrogen-bond donors (Lipinski definition) is 1. The number of carbonyl (C=O) groups excluding carboxylic acids is 3. The molecule has 0 saturated carbocycles. The number of amides is 2. The van der Waals surface area contributed by atoms with Gasteiger partial charge in [0, 0.05) is 31.7 Å². The first-order chi connectivity index (χ1) is 16.3. The number of benzene rings is 2. The van der Waals surface area contributed by atoms with E-state index in [4.69, 9.17) is 4.74 Å². The fourth-order valence-corrected chi connectivity index (χ4v) is 5.30. The van der Waals surface area contributed by atoms with Crippen LogP contribution in [0.4, 0.5) is 5.69 Å². The summed E-state index contributed by atoms with van der Waals surface area (Å²) in [6.45, 7) is 4.85. The third kappa shape index (κ3) is 5.81. The number of esters is 1. The van der Waals surface area contributed by atoms with Crippen LogP contribution in [-0.2, 0) is 19.6 Å². The van der Waals surface area contributed by atoms with Crippen molar-refractivity contribution in [2.75, 3.05) is 37.7 Å². The zero-order chi connectivity index (χ0) is 24.7. The van der Waals surface area contributed by atoms with Crippen molar-refractivity contribution in [1.29, 1.82) is 0 Å². The number of hydrogen-bond acceptors (Lipinski definition) is 7. The summed E-state index contributed by atoms with van der Waals surface area (Å²) in [7, 11) is -3.79. The smallest absolute Gasteiger partial charge is 0.340 e. The van der Waals surface area contributed by atoms with Gasteiger partial charge >= 0.3 is 5.97 Å². The van der Waals surface area contributed by atoms with Crippen molar-refractivity contribution in [3.05, 3.63) is 59.7 Å². The summed E-state index contributed by atoms with van der Waals surface area (Å²) < 4.78 is 32.4. The van der Waals surface area contributed by atoms with E-state index >= 15 is 0 Å². The van der Waals surface area contributed by atoms with Crippen molar-refractivity contribution >= 4 is 33.5 Å². The number of ether oxygens (including phenoxy) is 1. The van der Waals surface area contributed by atoms with Crippen LogP contribution in [0.15, 0.2) is 53.4 Å². The lowest BCUT2D eigenvalue weighted by molar-refractivity contribution is -0.123. The van der Waals surface area contributed by atoms with Gasteiger partial charge in [0.2, 0.25) is 10.0 Å². The molecule has 2 aromatic rings. The summed E-state index contributed by atoms with van der Waals surface area (Å²) in [6, 6.07) is 12.6. The number of sulfonamides is 1. The Morgan fingerprint density at radius 3 is 2.26 bits per heavy atom. The highest BCUT2D eigenvalue weighted by molar-refractivity contribution is 7.89. The van der Waals surface area contributed by atoms with Gasteiger partial charge in [-0.05, 0) is 43.2 Å². The first-order valence-electron chi connectivity index (χ1n) is 11.2. The maximum absolute atomic E-state index is 13.0. The largest absolute Gasteiger partial charge is 0.452 e. The van der Waals surface area contributed by atoms with Gasteiger partial charge < -0.3 is 9.64 Å². The van der Waals surface area contributed by atoms with Crippen LogP contribution < -0.4 is 10.2 Å². The molecule has 1 N–H and O–H groups in total. The molecule has 0 aliphatic carbocycles. The highest BCUT2D eigenvalue weighted by Crippen LogP contribution is 2.29. The summed E-state index contributed by atoms with van der Waals surface area (Å²) in [6.07, 6.45) is 1.91. The lowest BCUT2D eigenvalue weighted by atomic mass is 10.1. The fourth-order valence-electron chi connectivity index (χ4n) is 3.82. The van der Waals surface area contributed by atoms with Crippen molar-refractivity contribution in [3.8, 4) is 0 Å². The average molecular weight is 488 g/mol. The van der Waals surface area contributed by atoms with Crippen molar-refractivity contribution in [2.24, 2.45) is 0 Å². The van der Waals surface area contributed by atoms with Gasteiger partial charge in [-0.2, -0.15) is 4.31 Å². The second-order valence-electron chi connectivity index (χ2n) is 7.78. The van der Waals surface area contributed by atoms with Gasteiger partial charge in [0.25, 0.3) is 11.8 Å².